The second-order valence-electron chi connectivity index (χ2n) is 5.92. The monoisotopic (exact) mass is 321 g/mol. The Labute approximate surface area is 123 Å². The van der Waals surface area contributed by atoms with Gasteiger partial charge in [0.2, 0.25) is 5.91 Å². The number of carbonyl (C=O) groups is 1. The van der Waals surface area contributed by atoms with Gasteiger partial charge in [0.25, 0.3) is 0 Å². The minimum absolute atomic E-state index is 0.316. The molecule has 1 amide bonds. The first-order valence-electron chi connectivity index (χ1n) is 7.14. The first kappa shape index (κ1) is 13.2. The van der Waals surface area contributed by atoms with E-state index in [1.807, 2.05) is 0 Å². The average molecular weight is 322 g/mol. The molecule has 2 aliphatic rings. The third kappa shape index (κ3) is 2.71. The third-order valence-corrected chi connectivity index (χ3v) is 5.19. The SMILES string of the molecule is Cc1ccc(CC(=O)N2C3CCC2CC(Br)C3)cc1. The van der Waals surface area contributed by atoms with Crippen molar-refractivity contribution in [3.63, 3.8) is 0 Å². The zero-order valence-corrected chi connectivity index (χ0v) is 12.9. The molecule has 2 bridgehead atoms. The Morgan fingerprint density at radius 2 is 1.79 bits per heavy atom. The van der Waals surface area contributed by atoms with Gasteiger partial charge < -0.3 is 4.90 Å². The molecule has 0 spiro atoms. The Morgan fingerprint density at radius 3 is 2.37 bits per heavy atom. The Hall–Kier alpha value is -0.830. The number of alkyl halides is 1. The summed E-state index contributed by atoms with van der Waals surface area (Å²) in [6.45, 7) is 2.08. The van der Waals surface area contributed by atoms with Crippen molar-refractivity contribution in [1.29, 1.82) is 0 Å². The fourth-order valence-electron chi connectivity index (χ4n) is 3.49. The van der Waals surface area contributed by atoms with E-state index in [2.05, 4.69) is 52.0 Å². The highest BCUT2D eigenvalue weighted by Gasteiger charge is 2.42. The Bertz CT molecular complexity index is 456. The molecule has 2 unspecified atom stereocenters. The highest BCUT2D eigenvalue weighted by molar-refractivity contribution is 9.09. The van der Waals surface area contributed by atoms with Gasteiger partial charge in [0.05, 0.1) is 6.42 Å². The molecule has 0 radical (unpaired) electrons. The van der Waals surface area contributed by atoms with E-state index in [4.69, 9.17) is 0 Å². The van der Waals surface area contributed by atoms with E-state index in [-0.39, 0.29) is 0 Å². The van der Waals surface area contributed by atoms with Crippen LogP contribution in [0, 0.1) is 6.92 Å². The molecule has 19 heavy (non-hydrogen) atoms. The van der Waals surface area contributed by atoms with Crippen LogP contribution in [0.5, 0.6) is 0 Å². The number of carbonyl (C=O) groups excluding carboxylic acids is 1. The van der Waals surface area contributed by atoms with Crippen molar-refractivity contribution in [2.45, 2.75) is 55.9 Å². The van der Waals surface area contributed by atoms with Crippen LogP contribution in [0.3, 0.4) is 0 Å². The van der Waals surface area contributed by atoms with E-state index in [0.29, 0.717) is 29.2 Å². The van der Waals surface area contributed by atoms with Gasteiger partial charge in [-0.2, -0.15) is 0 Å². The van der Waals surface area contributed by atoms with E-state index >= 15 is 0 Å². The molecule has 2 nitrogen and oxygen atoms in total. The lowest BCUT2D eigenvalue weighted by atomic mass is 10.0. The molecule has 2 atom stereocenters. The molecule has 0 N–H and O–H groups in total. The fraction of sp³-hybridized carbons (Fsp3) is 0.562. The molecule has 0 aromatic heterocycles. The van der Waals surface area contributed by atoms with Gasteiger partial charge in [-0.05, 0) is 38.2 Å². The zero-order valence-electron chi connectivity index (χ0n) is 11.3. The van der Waals surface area contributed by atoms with Crippen molar-refractivity contribution in [2.75, 3.05) is 0 Å². The van der Waals surface area contributed by atoms with Gasteiger partial charge in [0.15, 0.2) is 0 Å². The standard InChI is InChI=1S/C16H20BrNO/c1-11-2-4-12(5-3-11)8-16(19)18-14-6-7-15(18)10-13(17)9-14/h2-5,13-15H,6-10H2,1H3. The lowest BCUT2D eigenvalue weighted by Gasteiger charge is -2.37. The van der Waals surface area contributed by atoms with Gasteiger partial charge in [-0.15, -0.1) is 0 Å². The highest BCUT2D eigenvalue weighted by Crippen LogP contribution is 2.38. The largest absolute Gasteiger partial charge is 0.336 e. The maximum Gasteiger partial charge on any atom is 0.227 e. The number of piperidine rings is 1. The van der Waals surface area contributed by atoms with Crippen molar-refractivity contribution < 1.29 is 4.79 Å². The molecule has 3 heteroatoms. The van der Waals surface area contributed by atoms with Gasteiger partial charge >= 0.3 is 0 Å². The van der Waals surface area contributed by atoms with E-state index in [0.717, 1.165) is 18.4 Å². The summed E-state index contributed by atoms with van der Waals surface area (Å²) in [4.78, 5) is 15.3. The molecular weight excluding hydrogens is 302 g/mol. The van der Waals surface area contributed by atoms with Crippen LogP contribution >= 0.6 is 15.9 Å². The second kappa shape index (κ2) is 5.28. The summed E-state index contributed by atoms with van der Waals surface area (Å²) in [5, 5.41) is 0. The van der Waals surface area contributed by atoms with Crippen LogP contribution in [-0.4, -0.2) is 27.7 Å². The van der Waals surface area contributed by atoms with E-state index in [1.165, 1.54) is 18.4 Å². The minimum atomic E-state index is 0.316. The lowest BCUT2D eigenvalue weighted by molar-refractivity contribution is -0.134. The van der Waals surface area contributed by atoms with Gasteiger partial charge in [0.1, 0.15) is 0 Å². The van der Waals surface area contributed by atoms with Crippen LogP contribution in [0.4, 0.5) is 0 Å². The predicted molar refractivity (Wildman–Crippen MR) is 80.5 cm³/mol. The molecular formula is C16H20BrNO. The quantitative estimate of drug-likeness (QED) is 0.764. The number of benzene rings is 1. The van der Waals surface area contributed by atoms with E-state index < -0.39 is 0 Å². The number of rotatable bonds is 2. The van der Waals surface area contributed by atoms with E-state index in [9.17, 15) is 4.79 Å². The van der Waals surface area contributed by atoms with Gasteiger partial charge in [-0.3, -0.25) is 4.79 Å². The highest BCUT2D eigenvalue weighted by atomic mass is 79.9. The van der Waals surface area contributed by atoms with Crippen molar-refractivity contribution in [3.05, 3.63) is 35.4 Å². The van der Waals surface area contributed by atoms with Crippen LogP contribution in [-0.2, 0) is 11.2 Å². The normalized spacial score (nSPS) is 29.6. The second-order valence-corrected chi connectivity index (χ2v) is 7.21. The lowest BCUT2D eigenvalue weighted by Crippen LogP contribution is -2.47. The summed E-state index contributed by atoms with van der Waals surface area (Å²) in [5.74, 6) is 0.316. The van der Waals surface area contributed by atoms with Crippen molar-refractivity contribution >= 4 is 21.8 Å². The van der Waals surface area contributed by atoms with E-state index in [1.54, 1.807) is 0 Å². The first-order valence-corrected chi connectivity index (χ1v) is 8.06. The Morgan fingerprint density at radius 1 is 1.21 bits per heavy atom. The van der Waals surface area contributed by atoms with Crippen LogP contribution in [0.25, 0.3) is 0 Å². The number of hydrogen-bond acceptors (Lipinski definition) is 1. The maximum absolute atomic E-state index is 12.5. The van der Waals surface area contributed by atoms with Crippen molar-refractivity contribution in [2.24, 2.45) is 0 Å². The van der Waals surface area contributed by atoms with Crippen LogP contribution in [0.2, 0.25) is 0 Å². The first-order chi connectivity index (χ1) is 9.13. The third-order valence-electron chi connectivity index (χ3n) is 4.44. The molecule has 3 rings (SSSR count). The molecule has 1 aromatic rings. The van der Waals surface area contributed by atoms with Gasteiger partial charge in [-0.25, -0.2) is 0 Å². The molecule has 2 saturated heterocycles. The summed E-state index contributed by atoms with van der Waals surface area (Å²) >= 11 is 3.72. The smallest absolute Gasteiger partial charge is 0.227 e. The predicted octanol–water partition coefficient (Wildman–Crippen LogP) is 3.45. The molecule has 2 heterocycles. The van der Waals surface area contributed by atoms with Gasteiger partial charge in [-0.1, -0.05) is 45.8 Å². The molecule has 2 aliphatic heterocycles. The van der Waals surface area contributed by atoms with Crippen LogP contribution < -0.4 is 0 Å². The molecule has 1 aromatic carbocycles. The average Bonchev–Trinajstić information content (AvgIpc) is 2.65. The maximum atomic E-state index is 12.5. The molecule has 0 aliphatic carbocycles. The summed E-state index contributed by atoms with van der Waals surface area (Å²) in [6, 6.07) is 9.27. The molecule has 102 valence electrons. The Balaban J connectivity index is 1.69. The van der Waals surface area contributed by atoms with Crippen LogP contribution in [0.15, 0.2) is 24.3 Å². The topological polar surface area (TPSA) is 20.3 Å². The summed E-state index contributed by atoms with van der Waals surface area (Å²) < 4.78 is 0. The number of halogens is 1. The summed E-state index contributed by atoms with van der Waals surface area (Å²) in [6.07, 6.45) is 5.17. The van der Waals surface area contributed by atoms with Gasteiger partial charge in [0, 0.05) is 16.9 Å². The summed E-state index contributed by atoms with van der Waals surface area (Å²) in [5.41, 5.74) is 2.38. The number of fused-ring (bicyclic) bond motifs is 2. The number of hydrogen-bond donors (Lipinski definition) is 0. The Kier molecular flexibility index (Phi) is 3.66. The number of aryl methyl sites for hydroxylation is 1. The molecule has 0 saturated carbocycles. The zero-order chi connectivity index (χ0) is 13.4. The van der Waals surface area contributed by atoms with Crippen molar-refractivity contribution in [3.8, 4) is 0 Å². The number of nitrogens with zero attached hydrogens (tertiary/aromatic N) is 1. The number of amides is 1. The fourth-order valence-corrected chi connectivity index (χ4v) is 4.35. The minimum Gasteiger partial charge on any atom is -0.336 e. The molecule has 2 fully saturated rings. The van der Waals surface area contributed by atoms with Crippen molar-refractivity contribution in [1.82, 2.24) is 4.90 Å². The summed E-state index contributed by atoms with van der Waals surface area (Å²) in [7, 11) is 0. The van der Waals surface area contributed by atoms with Crippen LogP contribution in [0.1, 0.15) is 36.8 Å².